The van der Waals surface area contributed by atoms with Gasteiger partial charge in [0, 0.05) is 25.0 Å². The monoisotopic (exact) mass is 398 g/mol. The first-order valence-corrected chi connectivity index (χ1v) is 9.22. The van der Waals surface area contributed by atoms with Crippen LogP contribution in [0.4, 0.5) is 0 Å². The molecule has 2 aromatic heterocycles. The SMILES string of the molecule is COc1ccc([C@H]2[C@H](CO)OCCN2C(=O)c2cc3ncccn3n2)cc1OC. The smallest absolute Gasteiger partial charge is 0.275 e. The van der Waals surface area contributed by atoms with Crippen molar-refractivity contribution in [3.63, 3.8) is 0 Å². The van der Waals surface area contributed by atoms with Crippen LogP contribution in [0, 0.1) is 0 Å². The van der Waals surface area contributed by atoms with Gasteiger partial charge in [-0.15, -0.1) is 0 Å². The highest BCUT2D eigenvalue weighted by Gasteiger charge is 2.37. The van der Waals surface area contributed by atoms with Crippen molar-refractivity contribution in [1.29, 1.82) is 0 Å². The molecule has 1 fully saturated rings. The highest BCUT2D eigenvalue weighted by Crippen LogP contribution is 2.36. The fourth-order valence-electron chi connectivity index (χ4n) is 3.63. The molecule has 29 heavy (non-hydrogen) atoms. The van der Waals surface area contributed by atoms with Gasteiger partial charge in [0.2, 0.25) is 0 Å². The number of ether oxygens (including phenoxy) is 3. The minimum Gasteiger partial charge on any atom is -0.493 e. The van der Waals surface area contributed by atoms with Crippen molar-refractivity contribution in [3.8, 4) is 11.5 Å². The molecule has 0 unspecified atom stereocenters. The lowest BCUT2D eigenvalue weighted by molar-refractivity contribution is -0.0813. The zero-order chi connectivity index (χ0) is 20.4. The Kier molecular flexibility index (Phi) is 5.32. The van der Waals surface area contributed by atoms with E-state index in [-0.39, 0.29) is 18.2 Å². The van der Waals surface area contributed by atoms with Crippen molar-refractivity contribution < 1.29 is 24.1 Å². The first-order chi connectivity index (χ1) is 14.2. The van der Waals surface area contributed by atoms with Gasteiger partial charge in [-0.2, -0.15) is 5.10 Å². The number of aromatic nitrogens is 3. The molecule has 0 saturated carbocycles. The van der Waals surface area contributed by atoms with Crippen LogP contribution in [0.2, 0.25) is 0 Å². The van der Waals surface area contributed by atoms with Gasteiger partial charge in [0.1, 0.15) is 6.10 Å². The Morgan fingerprint density at radius 1 is 1.28 bits per heavy atom. The van der Waals surface area contributed by atoms with Gasteiger partial charge in [-0.3, -0.25) is 4.79 Å². The zero-order valence-electron chi connectivity index (χ0n) is 16.2. The number of rotatable bonds is 5. The number of nitrogens with zero attached hydrogens (tertiary/aromatic N) is 4. The van der Waals surface area contributed by atoms with Crippen LogP contribution in [-0.2, 0) is 4.74 Å². The van der Waals surface area contributed by atoms with E-state index >= 15 is 0 Å². The number of benzene rings is 1. The van der Waals surface area contributed by atoms with Crippen molar-refractivity contribution in [1.82, 2.24) is 19.5 Å². The maximum Gasteiger partial charge on any atom is 0.275 e. The molecule has 1 aliphatic heterocycles. The first kappa shape index (κ1) is 19.2. The summed E-state index contributed by atoms with van der Waals surface area (Å²) in [5.74, 6) is 0.867. The van der Waals surface area contributed by atoms with Crippen molar-refractivity contribution in [2.45, 2.75) is 12.1 Å². The molecule has 0 radical (unpaired) electrons. The Hall–Kier alpha value is -3.17. The summed E-state index contributed by atoms with van der Waals surface area (Å²) in [7, 11) is 3.11. The maximum absolute atomic E-state index is 13.3. The number of amides is 1. The Morgan fingerprint density at radius 2 is 2.10 bits per heavy atom. The number of aliphatic hydroxyl groups is 1. The second-order valence-corrected chi connectivity index (χ2v) is 6.60. The molecule has 1 amide bonds. The van der Waals surface area contributed by atoms with Gasteiger partial charge < -0.3 is 24.2 Å². The summed E-state index contributed by atoms with van der Waals surface area (Å²) in [6.45, 7) is 0.470. The topological polar surface area (TPSA) is 98.4 Å². The van der Waals surface area contributed by atoms with Crippen LogP contribution in [0.3, 0.4) is 0 Å². The van der Waals surface area contributed by atoms with Crippen LogP contribution < -0.4 is 9.47 Å². The molecule has 3 aromatic rings. The molecule has 1 saturated heterocycles. The highest BCUT2D eigenvalue weighted by atomic mass is 16.5. The summed E-state index contributed by atoms with van der Waals surface area (Å²) in [6.07, 6.45) is 2.82. The Morgan fingerprint density at radius 3 is 2.83 bits per heavy atom. The van der Waals surface area contributed by atoms with Crippen LogP contribution in [0.1, 0.15) is 22.1 Å². The largest absolute Gasteiger partial charge is 0.493 e. The van der Waals surface area contributed by atoms with Crippen molar-refractivity contribution in [2.75, 3.05) is 34.0 Å². The number of carbonyl (C=O) groups excluding carboxylic acids is 1. The second kappa shape index (κ2) is 8.06. The predicted molar refractivity (Wildman–Crippen MR) is 103 cm³/mol. The number of hydrogen-bond acceptors (Lipinski definition) is 7. The summed E-state index contributed by atoms with van der Waals surface area (Å²) in [4.78, 5) is 19.2. The summed E-state index contributed by atoms with van der Waals surface area (Å²) in [5.41, 5.74) is 1.65. The van der Waals surface area contributed by atoms with Crippen LogP contribution >= 0.6 is 0 Å². The third-order valence-electron chi connectivity index (χ3n) is 5.00. The van der Waals surface area contributed by atoms with E-state index in [0.29, 0.717) is 30.3 Å². The molecule has 9 nitrogen and oxygen atoms in total. The molecular formula is C20H22N4O5. The normalized spacial score (nSPS) is 19.3. The van der Waals surface area contributed by atoms with E-state index in [1.807, 2.05) is 6.07 Å². The molecule has 1 aliphatic rings. The van der Waals surface area contributed by atoms with E-state index in [1.54, 1.807) is 60.3 Å². The van der Waals surface area contributed by atoms with Gasteiger partial charge in [-0.05, 0) is 23.8 Å². The lowest BCUT2D eigenvalue weighted by Gasteiger charge is -2.40. The molecule has 0 aliphatic carbocycles. The number of fused-ring (bicyclic) bond motifs is 1. The van der Waals surface area contributed by atoms with Gasteiger partial charge in [0.05, 0.1) is 33.5 Å². The molecule has 2 atom stereocenters. The van der Waals surface area contributed by atoms with Gasteiger partial charge in [0.25, 0.3) is 5.91 Å². The van der Waals surface area contributed by atoms with Crippen molar-refractivity contribution >= 4 is 11.6 Å². The van der Waals surface area contributed by atoms with Crippen LogP contribution in [-0.4, -0.2) is 70.6 Å². The van der Waals surface area contributed by atoms with Crippen LogP contribution in [0.25, 0.3) is 5.65 Å². The number of hydrogen-bond donors (Lipinski definition) is 1. The Labute approximate surface area is 167 Å². The van der Waals surface area contributed by atoms with Gasteiger partial charge in [0.15, 0.2) is 22.8 Å². The number of aliphatic hydroxyl groups excluding tert-OH is 1. The van der Waals surface area contributed by atoms with Crippen molar-refractivity contribution in [3.05, 3.63) is 54.0 Å². The minimum absolute atomic E-state index is 0.227. The minimum atomic E-state index is -0.569. The third-order valence-corrected chi connectivity index (χ3v) is 5.00. The average molecular weight is 398 g/mol. The third kappa shape index (κ3) is 3.50. The standard InChI is InChI=1S/C20H22N4O5/c1-27-15-5-4-13(10-16(15)28-2)19-17(12-25)29-9-8-23(19)20(26)14-11-18-21-6-3-7-24(18)22-14/h3-7,10-11,17,19,25H,8-9,12H2,1-2H3/t17-,19-/m0/s1. The molecule has 152 valence electrons. The van der Waals surface area contributed by atoms with Crippen LogP contribution in [0.15, 0.2) is 42.7 Å². The number of carbonyl (C=O) groups is 1. The number of methoxy groups -OCH3 is 2. The molecule has 0 bridgehead atoms. The van der Waals surface area contributed by atoms with Crippen molar-refractivity contribution in [2.24, 2.45) is 0 Å². The molecule has 0 spiro atoms. The first-order valence-electron chi connectivity index (χ1n) is 9.22. The van der Waals surface area contributed by atoms with E-state index in [9.17, 15) is 9.90 Å². The lowest BCUT2D eigenvalue weighted by atomic mass is 9.97. The number of morpholine rings is 1. The van der Waals surface area contributed by atoms with Gasteiger partial charge >= 0.3 is 0 Å². The second-order valence-electron chi connectivity index (χ2n) is 6.60. The highest BCUT2D eigenvalue weighted by molar-refractivity contribution is 5.93. The molecule has 1 N–H and O–H groups in total. The maximum atomic E-state index is 13.3. The molecule has 9 heteroatoms. The molecular weight excluding hydrogens is 376 g/mol. The quantitative estimate of drug-likeness (QED) is 0.692. The lowest BCUT2D eigenvalue weighted by Crippen LogP contribution is -2.49. The summed E-state index contributed by atoms with van der Waals surface area (Å²) in [5, 5.41) is 14.2. The average Bonchev–Trinajstić information content (AvgIpc) is 3.21. The summed E-state index contributed by atoms with van der Waals surface area (Å²) < 4.78 is 18.0. The van der Waals surface area contributed by atoms with E-state index in [0.717, 1.165) is 5.56 Å². The predicted octanol–water partition coefficient (Wildman–Crippen LogP) is 1.32. The Bertz CT molecular complexity index is 988. The fourth-order valence-corrected chi connectivity index (χ4v) is 3.63. The van der Waals surface area contributed by atoms with E-state index in [2.05, 4.69) is 10.1 Å². The summed E-state index contributed by atoms with van der Waals surface area (Å²) >= 11 is 0. The van der Waals surface area contributed by atoms with Gasteiger partial charge in [-0.1, -0.05) is 6.07 Å². The molecule has 1 aromatic carbocycles. The van der Waals surface area contributed by atoms with E-state index < -0.39 is 12.1 Å². The molecule has 3 heterocycles. The van der Waals surface area contributed by atoms with E-state index in [4.69, 9.17) is 14.2 Å². The van der Waals surface area contributed by atoms with Crippen LogP contribution in [0.5, 0.6) is 11.5 Å². The van der Waals surface area contributed by atoms with Gasteiger partial charge in [-0.25, -0.2) is 9.50 Å². The van der Waals surface area contributed by atoms with E-state index in [1.165, 1.54) is 0 Å². The molecule has 4 rings (SSSR count). The Balaban J connectivity index is 1.73. The fraction of sp³-hybridized carbons (Fsp3) is 0.350. The summed E-state index contributed by atoms with van der Waals surface area (Å²) in [6, 6.07) is 8.31. The zero-order valence-corrected chi connectivity index (χ0v) is 16.2.